The molecular weight excluding hydrogens is 204 g/mol. The topological polar surface area (TPSA) is 74.7 Å². The summed E-state index contributed by atoms with van der Waals surface area (Å²) in [6.07, 6.45) is 2.64. The molecule has 1 unspecified atom stereocenters. The number of anilines is 1. The van der Waals surface area contributed by atoms with Crippen molar-refractivity contribution in [1.82, 2.24) is 4.98 Å². The minimum Gasteiger partial charge on any atom is -0.409 e. The van der Waals surface area contributed by atoms with Crippen LogP contribution >= 0.6 is 0 Å². The highest BCUT2D eigenvalue weighted by molar-refractivity contribution is 6.00. The lowest BCUT2D eigenvalue weighted by molar-refractivity contribution is 0.318. The average Bonchev–Trinajstić information content (AvgIpc) is 2.35. The van der Waals surface area contributed by atoms with E-state index in [1.165, 1.54) is 0 Å². The highest BCUT2D eigenvalue weighted by Crippen LogP contribution is 2.19. The molecule has 3 N–H and O–H groups in total. The van der Waals surface area contributed by atoms with Crippen LogP contribution in [0.25, 0.3) is 0 Å². The fourth-order valence-electron chi connectivity index (χ4n) is 1.44. The number of nitrogens with two attached hydrogens (primary N) is 1. The summed E-state index contributed by atoms with van der Waals surface area (Å²) in [6.45, 7) is 4.23. The van der Waals surface area contributed by atoms with Gasteiger partial charge >= 0.3 is 0 Å². The maximum absolute atomic E-state index is 8.69. The molecule has 0 aliphatic heterocycles. The van der Waals surface area contributed by atoms with Gasteiger partial charge in [0.2, 0.25) is 0 Å². The van der Waals surface area contributed by atoms with Gasteiger partial charge in [-0.15, -0.1) is 0 Å². The van der Waals surface area contributed by atoms with Gasteiger partial charge in [0.15, 0.2) is 5.84 Å². The second-order valence-electron chi connectivity index (χ2n) is 3.72. The van der Waals surface area contributed by atoms with Crippen LogP contribution in [-0.4, -0.2) is 29.1 Å². The van der Waals surface area contributed by atoms with Crippen LogP contribution in [0.4, 0.5) is 5.69 Å². The van der Waals surface area contributed by atoms with Crippen LogP contribution in [0.3, 0.4) is 0 Å². The Balaban J connectivity index is 3.13. The molecular formula is C11H18N4O. The number of pyridine rings is 1. The van der Waals surface area contributed by atoms with E-state index in [9.17, 15) is 0 Å². The number of nitrogens with zero attached hydrogens (tertiary/aromatic N) is 3. The van der Waals surface area contributed by atoms with Gasteiger partial charge in [-0.3, -0.25) is 4.98 Å². The lowest BCUT2D eigenvalue weighted by Crippen LogP contribution is -2.31. The second-order valence-corrected chi connectivity index (χ2v) is 3.72. The molecule has 1 heterocycles. The molecule has 0 radical (unpaired) electrons. The summed E-state index contributed by atoms with van der Waals surface area (Å²) < 4.78 is 0. The first-order valence-electron chi connectivity index (χ1n) is 5.27. The molecule has 0 bridgehead atoms. The van der Waals surface area contributed by atoms with Gasteiger partial charge in [0, 0.05) is 19.3 Å². The van der Waals surface area contributed by atoms with Crippen LogP contribution in [0.5, 0.6) is 0 Å². The molecule has 88 valence electrons. The van der Waals surface area contributed by atoms with Crippen molar-refractivity contribution < 1.29 is 5.21 Å². The normalized spacial score (nSPS) is 13.6. The van der Waals surface area contributed by atoms with Crippen LogP contribution < -0.4 is 10.6 Å². The molecule has 0 fully saturated rings. The maximum atomic E-state index is 8.69. The minimum atomic E-state index is 0.0331. The molecule has 5 nitrogen and oxygen atoms in total. The molecule has 1 aromatic heterocycles. The Bertz CT molecular complexity index is 378. The fourth-order valence-corrected chi connectivity index (χ4v) is 1.44. The van der Waals surface area contributed by atoms with Gasteiger partial charge in [-0.1, -0.05) is 12.1 Å². The standard InChI is InChI=1S/C11H18N4O/c1-4-8(2)15(3)9-6-5-7-13-10(9)11(12)14-16/h5-8,16H,4H2,1-3H3,(H2,12,14). The van der Waals surface area contributed by atoms with E-state index < -0.39 is 0 Å². The lowest BCUT2D eigenvalue weighted by atomic mass is 10.2. The number of amidine groups is 1. The number of rotatable bonds is 4. The molecule has 0 saturated heterocycles. The van der Waals surface area contributed by atoms with E-state index in [1.807, 2.05) is 19.2 Å². The zero-order valence-corrected chi connectivity index (χ0v) is 9.88. The van der Waals surface area contributed by atoms with E-state index in [2.05, 4.69) is 28.9 Å². The molecule has 0 saturated carbocycles. The average molecular weight is 222 g/mol. The molecule has 5 heteroatoms. The molecule has 1 aromatic rings. The summed E-state index contributed by atoms with van der Waals surface area (Å²) in [6, 6.07) is 4.11. The van der Waals surface area contributed by atoms with Crippen molar-refractivity contribution in [3.8, 4) is 0 Å². The third-order valence-corrected chi connectivity index (χ3v) is 2.77. The Labute approximate surface area is 95.6 Å². The SMILES string of the molecule is CCC(C)N(C)c1cccnc1/C(N)=N/O. The van der Waals surface area contributed by atoms with Gasteiger partial charge in [0.1, 0.15) is 5.69 Å². The first kappa shape index (κ1) is 12.3. The van der Waals surface area contributed by atoms with E-state index in [1.54, 1.807) is 6.20 Å². The first-order valence-corrected chi connectivity index (χ1v) is 5.27. The summed E-state index contributed by atoms with van der Waals surface area (Å²) >= 11 is 0. The van der Waals surface area contributed by atoms with Gasteiger partial charge in [0.05, 0.1) is 5.69 Å². The van der Waals surface area contributed by atoms with Gasteiger partial charge in [-0.25, -0.2) is 0 Å². The third kappa shape index (κ3) is 2.42. The molecule has 0 amide bonds. The van der Waals surface area contributed by atoms with Crippen LogP contribution in [0.15, 0.2) is 23.5 Å². The largest absolute Gasteiger partial charge is 0.409 e. The summed E-state index contributed by atoms with van der Waals surface area (Å²) in [4.78, 5) is 6.20. The van der Waals surface area contributed by atoms with E-state index in [0.717, 1.165) is 12.1 Å². The van der Waals surface area contributed by atoms with Crippen LogP contribution in [0.2, 0.25) is 0 Å². The Morgan fingerprint density at radius 1 is 1.69 bits per heavy atom. The van der Waals surface area contributed by atoms with Crippen LogP contribution in [0.1, 0.15) is 26.0 Å². The summed E-state index contributed by atoms with van der Waals surface area (Å²) in [5.74, 6) is 0.0331. The van der Waals surface area contributed by atoms with E-state index >= 15 is 0 Å². The summed E-state index contributed by atoms with van der Waals surface area (Å²) in [5.41, 5.74) is 6.96. The molecule has 0 aliphatic carbocycles. The van der Waals surface area contributed by atoms with Crippen molar-refractivity contribution in [3.05, 3.63) is 24.0 Å². The Morgan fingerprint density at radius 3 is 2.94 bits per heavy atom. The Hall–Kier alpha value is -1.78. The van der Waals surface area contributed by atoms with Gasteiger partial charge in [0.25, 0.3) is 0 Å². The lowest BCUT2D eigenvalue weighted by Gasteiger charge is -2.27. The van der Waals surface area contributed by atoms with Crippen molar-refractivity contribution in [2.75, 3.05) is 11.9 Å². The van der Waals surface area contributed by atoms with Crippen molar-refractivity contribution in [3.63, 3.8) is 0 Å². The molecule has 16 heavy (non-hydrogen) atoms. The number of hydrogen-bond donors (Lipinski definition) is 2. The predicted octanol–water partition coefficient (Wildman–Crippen LogP) is 1.41. The van der Waals surface area contributed by atoms with E-state index in [4.69, 9.17) is 10.9 Å². The zero-order valence-electron chi connectivity index (χ0n) is 9.88. The molecule has 0 aromatic carbocycles. The quantitative estimate of drug-likeness (QED) is 0.349. The van der Waals surface area contributed by atoms with Crippen LogP contribution in [-0.2, 0) is 0 Å². The number of hydrogen-bond acceptors (Lipinski definition) is 4. The van der Waals surface area contributed by atoms with Gasteiger partial charge < -0.3 is 15.8 Å². The minimum absolute atomic E-state index is 0.0331. The summed E-state index contributed by atoms with van der Waals surface area (Å²) in [5, 5.41) is 11.7. The Kier molecular flexibility index (Phi) is 4.10. The van der Waals surface area contributed by atoms with Gasteiger partial charge in [-0.2, -0.15) is 0 Å². The molecule has 0 spiro atoms. The number of oxime groups is 1. The maximum Gasteiger partial charge on any atom is 0.190 e. The zero-order chi connectivity index (χ0) is 12.1. The molecule has 1 atom stereocenters. The third-order valence-electron chi connectivity index (χ3n) is 2.77. The molecule has 0 aliphatic rings. The highest BCUT2D eigenvalue weighted by atomic mass is 16.4. The second kappa shape index (κ2) is 5.34. The van der Waals surface area contributed by atoms with Crippen LogP contribution in [0, 0.1) is 0 Å². The highest BCUT2D eigenvalue weighted by Gasteiger charge is 2.15. The number of aromatic nitrogens is 1. The van der Waals surface area contributed by atoms with Crippen molar-refractivity contribution in [2.45, 2.75) is 26.3 Å². The monoisotopic (exact) mass is 222 g/mol. The van der Waals surface area contributed by atoms with Crippen molar-refractivity contribution in [2.24, 2.45) is 10.9 Å². The Morgan fingerprint density at radius 2 is 2.38 bits per heavy atom. The first-order chi connectivity index (χ1) is 7.61. The smallest absolute Gasteiger partial charge is 0.190 e. The fraction of sp³-hybridized carbons (Fsp3) is 0.455. The predicted molar refractivity (Wildman–Crippen MR) is 64.9 cm³/mol. The van der Waals surface area contributed by atoms with E-state index in [0.29, 0.717) is 11.7 Å². The van der Waals surface area contributed by atoms with Gasteiger partial charge in [-0.05, 0) is 25.5 Å². The van der Waals surface area contributed by atoms with Crippen molar-refractivity contribution in [1.29, 1.82) is 0 Å². The molecule has 1 rings (SSSR count). The van der Waals surface area contributed by atoms with Crippen molar-refractivity contribution >= 4 is 11.5 Å². The summed E-state index contributed by atoms with van der Waals surface area (Å²) in [7, 11) is 1.97. The van der Waals surface area contributed by atoms with E-state index in [-0.39, 0.29) is 5.84 Å².